The van der Waals surface area contributed by atoms with Crippen molar-refractivity contribution in [2.75, 3.05) is 0 Å². The van der Waals surface area contributed by atoms with Crippen molar-refractivity contribution in [3.05, 3.63) is 58.6 Å². The minimum absolute atomic E-state index is 0.283. The number of ether oxygens (including phenoxy) is 1. The third kappa shape index (κ3) is 3.17. The van der Waals surface area contributed by atoms with Crippen molar-refractivity contribution >= 4 is 11.6 Å². The molecule has 0 saturated heterocycles. The molecular formula is C15H15ClO2. The van der Waals surface area contributed by atoms with Gasteiger partial charge in [-0.15, -0.1) is 0 Å². The molecule has 2 nitrogen and oxygen atoms in total. The molecule has 0 aliphatic rings. The van der Waals surface area contributed by atoms with Crippen LogP contribution in [-0.2, 0) is 13.0 Å². The first-order valence-electron chi connectivity index (χ1n) is 5.88. The van der Waals surface area contributed by atoms with Gasteiger partial charge in [0.2, 0.25) is 0 Å². The SMILES string of the molecule is CCc1ccc(OCc2ccc(Cl)cc2)cc1O. The van der Waals surface area contributed by atoms with Gasteiger partial charge in [-0.1, -0.05) is 36.7 Å². The molecule has 2 aromatic rings. The molecule has 2 aromatic carbocycles. The van der Waals surface area contributed by atoms with Crippen LogP contribution in [-0.4, -0.2) is 5.11 Å². The average molecular weight is 263 g/mol. The standard InChI is InChI=1S/C15H15ClO2/c1-2-12-5-8-14(9-15(12)17)18-10-11-3-6-13(16)7-4-11/h3-9,17H,2,10H2,1H3. The normalized spacial score (nSPS) is 10.3. The zero-order valence-corrected chi connectivity index (χ0v) is 10.9. The fraction of sp³-hybridized carbons (Fsp3) is 0.200. The molecule has 0 heterocycles. The summed E-state index contributed by atoms with van der Waals surface area (Å²) < 4.78 is 5.61. The van der Waals surface area contributed by atoms with Gasteiger partial charge in [-0.3, -0.25) is 0 Å². The summed E-state index contributed by atoms with van der Waals surface area (Å²) in [6.45, 7) is 2.46. The van der Waals surface area contributed by atoms with E-state index < -0.39 is 0 Å². The predicted octanol–water partition coefficient (Wildman–Crippen LogP) is 4.19. The Morgan fingerprint density at radius 1 is 1.11 bits per heavy atom. The molecule has 3 heteroatoms. The van der Waals surface area contributed by atoms with Crippen LogP contribution >= 0.6 is 11.6 Å². The number of halogens is 1. The molecule has 18 heavy (non-hydrogen) atoms. The van der Waals surface area contributed by atoms with Crippen LogP contribution in [0, 0.1) is 0 Å². The second kappa shape index (κ2) is 5.78. The zero-order valence-electron chi connectivity index (χ0n) is 10.2. The molecule has 0 aromatic heterocycles. The first-order chi connectivity index (χ1) is 8.69. The van der Waals surface area contributed by atoms with E-state index >= 15 is 0 Å². The number of hydrogen-bond donors (Lipinski definition) is 1. The quantitative estimate of drug-likeness (QED) is 0.895. The number of rotatable bonds is 4. The van der Waals surface area contributed by atoms with Crippen molar-refractivity contribution in [2.45, 2.75) is 20.0 Å². The minimum Gasteiger partial charge on any atom is -0.508 e. The lowest BCUT2D eigenvalue weighted by Gasteiger charge is -2.08. The molecular weight excluding hydrogens is 248 g/mol. The van der Waals surface area contributed by atoms with Crippen LogP contribution in [0.25, 0.3) is 0 Å². The highest BCUT2D eigenvalue weighted by Crippen LogP contribution is 2.24. The molecule has 0 unspecified atom stereocenters. The van der Waals surface area contributed by atoms with Gasteiger partial charge in [0.15, 0.2) is 0 Å². The fourth-order valence-electron chi connectivity index (χ4n) is 1.68. The van der Waals surface area contributed by atoms with Crippen LogP contribution in [0.5, 0.6) is 11.5 Å². The maximum Gasteiger partial charge on any atom is 0.123 e. The summed E-state index contributed by atoms with van der Waals surface area (Å²) in [5.74, 6) is 0.950. The Morgan fingerprint density at radius 2 is 1.83 bits per heavy atom. The van der Waals surface area contributed by atoms with Crippen molar-refractivity contribution < 1.29 is 9.84 Å². The van der Waals surface area contributed by atoms with Crippen LogP contribution < -0.4 is 4.74 Å². The Hall–Kier alpha value is -1.67. The number of phenols is 1. The van der Waals surface area contributed by atoms with Crippen LogP contribution in [0.3, 0.4) is 0 Å². The van der Waals surface area contributed by atoms with Crippen LogP contribution in [0.2, 0.25) is 5.02 Å². The smallest absolute Gasteiger partial charge is 0.123 e. The highest BCUT2D eigenvalue weighted by Gasteiger charge is 2.02. The maximum absolute atomic E-state index is 9.73. The Kier molecular flexibility index (Phi) is 4.11. The zero-order chi connectivity index (χ0) is 13.0. The summed E-state index contributed by atoms with van der Waals surface area (Å²) in [5.41, 5.74) is 1.97. The first-order valence-corrected chi connectivity index (χ1v) is 6.26. The van der Waals surface area contributed by atoms with Gasteiger partial charge < -0.3 is 9.84 Å². The highest BCUT2D eigenvalue weighted by molar-refractivity contribution is 6.30. The molecule has 2 rings (SSSR count). The molecule has 0 aliphatic heterocycles. The molecule has 1 N–H and O–H groups in total. The van der Waals surface area contributed by atoms with E-state index in [9.17, 15) is 5.11 Å². The van der Waals surface area contributed by atoms with Crippen molar-refractivity contribution in [1.29, 1.82) is 0 Å². The second-order valence-electron chi connectivity index (χ2n) is 4.06. The van der Waals surface area contributed by atoms with Crippen LogP contribution in [0.15, 0.2) is 42.5 Å². The van der Waals surface area contributed by atoms with Gasteiger partial charge in [-0.2, -0.15) is 0 Å². The van der Waals surface area contributed by atoms with Gasteiger partial charge in [0.1, 0.15) is 18.1 Å². The lowest BCUT2D eigenvalue weighted by Crippen LogP contribution is -1.95. The van der Waals surface area contributed by atoms with Crippen molar-refractivity contribution in [2.24, 2.45) is 0 Å². The van der Waals surface area contributed by atoms with Crippen molar-refractivity contribution in [3.8, 4) is 11.5 Å². The van der Waals surface area contributed by atoms with Crippen LogP contribution in [0.1, 0.15) is 18.1 Å². The minimum atomic E-state index is 0.283. The van der Waals surface area contributed by atoms with E-state index in [1.165, 1.54) is 0 Å². The number of benzene rings is 2. The van der Waals surface area contributed by atoms with E-state index in [4.69, 9.17) is 16.3 Å². The summed E-state index contributed by atoms with van der Waals surface area (Å²) in [6.07, 6.45) is 0.809. The number of aryl methyl sites for hydroxylation is 1. The second-order valence-corrected chi connectivity index (χ2v) is 4.50. The monoisotopic (exact) mass is 262 g/mol. The molecule has 94 valence electrons. The predicted molar refractivity (Wildman–Crippen MR) is 73.3 cm³/mol. The number of phenolic OH excluding ortho intramolecular Hbond substituents is 1. The largest absolute Gasteiger partial charge is 0.508 e. The topological polar surface area (TPSA) is 29.5 Å². The summed E-state index contributed by atoms with van der Waals surface area (Å²) in [4.78, 5) is 0. The summed E-state index contributed by atoms with van der Waals surface area (Å²) in [7, 11) is 0. The van der Waals surface area contributed by atoms with E-state index in [2.05, 4.69) is 0 Å². The summed E-state index contributed by atoms with van der Waals surface area (Å²) >= 11 is 5.81. The first kappa shape index (κ1) is 12.8. The van der Waals surface area contributed by atoms with Crippen LogP contribution in [0.4, 0.5) is 0 Å². The van der Waals surface area contributed by atoms with Gasteiger partial charge >= 0.3 is 0 Å². The lowest BCUT2D eigenvalue weighted by molar-refractivity contribution is 0.304. The highest BCUT2D eigenvalue weighted by atomic mass is 35.5. The van der Waals surface area contributed by atoms with Gasteiger partial charge in [0, 0.05) is 11.1 Å². The van der Waals surface area contributed by atoms with Gasteiger partial charge in [-0.05, 0) is 35.7 Å². The van der Waals surface area contributed by atoms with E-state index in [-0.39, 0.29) is 5.75 Å². The maximum atomic E-state index is 9.73. The van der Waals surface area contributed by atoms with Gasteiger partial charge in [0.25, 0.3) is 0 Å². The van der Waals surface area contributed by atoms with E-state index in [1.54, 1.807) is 6.07 Å². The average Bonchev–Trinajstić information content (AvgIpc) is 2.38. The third-order valence-corrected chi connectivity index (χ3v) is 3.01. The molecule has 0 saturated carbocycles. The van der Waals surface area contributed by atoms with E-state index in [0.29, 0.717) is 17.4 Å². The lowest BCUT2D eigenvalue weighted by atomic mass is 10.1. The molecule has 0 spiro atoms. The van der Waals surface area contributed by atoms with Crippen molar-refractivity contribution in [3.63, 3.8) is 0 Å². The van der Waals surface area contributed by atoms with Crippen molar-refractivity contribution in [1.82, 2.24) is 0 Å². The van der Waals surface area contributed by atoms with Gasteiger partial charge in [0.05, 0.1) is 0 Å². The van der Waals surface area contributed by atoms with Gasteiger partial charge in [-0.25, -0.2) is 0 Å². The third-order valence-electron chi connectivity index (χ3n) is 2.76. The van der Waals surface area contributed by atoms with E-state index in [1.807, 2.05) is 43.3 Å². The Labute approximate surface area is 112 Å². The summed E-state index contributed by atoms with van der Waals surface area (Å²) in [5, 5.41) is 10.4. The fourth-order valence-corrected chi connectivity index (χ4v) is 1.81. The number of aromatic hydroxyl groups is 1. The molecule has 0 radical (unpaired) electrons. The molecule has 0 bridgehead atoms. The molecule has 0 amide bonds. The molecule has 0 fully saturated rings. The Morgan fingerprint density at radius 3 is 2.44 bits per heavy atom. The molecule has 0 aliphatic carbocycles. The molecule has 0 atom stereocenters. The van der Waals surface area contributed by atoms with E-state index in [0.717, 1.165) is 17.5 Å². The Bertz CT molecular complexity index is 521. The Balaban J connectivity index is 2.02. The number of hydrogen-bond acceptors (Lipinski definition) is 2. The summed E-state index contributed by atoms with van der Waals surface area (Å²) in [6, 6.07) is 12.9.